The van der Waals surface area contributed by atoms with E-state index in [0.29, 0.717) is 5.92 Å². The molecule has 0 N–H and O–H groups in total. The Morgan fingerprint density at radius 1 is 1.33 bits per heavy atom. The molecule has 1 saturated heterocycles. The lowest BCUT2D eigenvalue weighted by molar-refractivity contribution is -0.151. The van der Waals surface area contributed by atoms with Crippen molar-refractivity contribution in [3.8, 4) is 0 Å². The van der Waals surface area contributed by atoms with Crippen LogP contribution in [0.1, 0.15) is 26.7 Å². The van der Waals surface area contributed by atoms with E-state index < -0.39 is 5.91 Å². The summed E-state index contributed by atoms with van der Waals surface area (Å²) in [7, 11) is 3.22. The van der Waals surface area contributed by atoms with E-state index in [2.05, 4.69) is 13.8 Å². The number of carbonyl (C=O) groups excluding carboxylic acids is 2. The molecule has 0 aromatic heterocycles. The van der Waals surface area contributed by atoms with Crippen molar-refractivity contribution in [2.75, 3.05) is 20.6 Å². The van der Waals surface area contributed by atoms with Crippen LogP contribution in [0.15, 0.2) is 0 Å². The SMILES string of the molecule is CC(C)[C@@H]1CCCN1C(=O)C(=O)N(C)C. The molecule has 1 atom stereocenters. The number of likely N-dealkylation sites (N-methyl/N-ethyl adjacent to an activating group) is 1. The van der Waals surface area contributed by atoms with Crippen LogP contribution in [-0.4, -0.2) is 48.3 Å². The van der Waals surface area contributed by atoms with Gasteiger partial charge in [0.1, 0.15) is 0 Å². The Bertz CT molecular complexity index is 261. The molecule has 0 spiro atoms. The maximum absolute atomic E-state index is 11.8. The van der Waals surface area contributed by atoms with Gasteiger partial charge in [0.15, 0.2) is 0 Å². The highest BCUT2D eigenvalue weighted by molar-refractivity contribution is 6.34. The topological polar surface area (TPSA) is 40.6 Å². The third-order valence-corrected chi connectivity index (χ3v) is 2.92. The van der Waals surface area contributed by atoms with Gasteiger partial charge >= 0.3 is 11.8 Å². The van der Waals surface area contributed by atoms with Crippen LogP contribution in [-0.2, 0) is 9.59 Å². The number of carbonyl (C=O) groups is 2. The van der Waals surface area contributed by atoms with Gasteiger partial charge in [0, 0.05) is 26.7 Å². The number of hydrogen-bond acceptors (Lipinski definition) is 2. The molecule has 0 aromatic rings. The predicted octanol–water partition coefficient (Wildman–Crippen LogP) is 0.722. The Morgan fingerprint density at radius 3 is 2.40 bits per heavy atom. The highest BCUT2D eigenvalue weighted by Crippen LogP contribution is 2.23. The number of rotatable bonds is 1. The summed E-state index contributed by atoms with van der Waals surface area (Å²) in [5.41, 5.74) is 0. The molecule has 0 aromatic carbocycles. The third kappa shape index (κ3) is 2.49. The second-order valence-electron chi connectivity index (χ2n) is 4.65. The Kier molecular flexibility index (Phi) is 3.72. The van der Waals surface area contributed by atoms with Crippen LogP contribution >= 0.6 is 0 Å². The van der Waals surface area contributed by atoms with Crippen molar-refractivity contribution < 1.29 is 9.59 Å². The first-order valence-electron chi connectivity index (χ1n) is 5.47. The molecule has 4 nitrogen and oxygen atoms in total. The fraction of sp³-hybridized carbons (Fsp3) is 0.818. The van der Waals surface area contributed by atoms with Crippen molar-refractivity contribution in [3.05, 3.63) is 0 Å². The minimum atomic E-state index is -0.414. The molecular weight excluding hydrogens is 192 g/mol. The van der Waals surface area contributed by atoms with Gasteiger partial charge in [0.2, 0.25) is 0 Å². The molecule has 15 heavy (non-hydrogen) atoms. The van der Waals surface area contributed by atoms with Crippen LogP contribution in [0.5, 0.6) is 0 Å². The molecule has 2 amide bonds. The van der Waals surface area contributed by atoms with Crippen LogP contribution in [0.25, 0.3) is 0 Å². The predicted molar refractivity (Wildman–Crippen MR) is 58.3 cm³/mol. The Labute approximate surface area is 91.2 Å². The third-order valence-electron chi connectivity index (χ3n) is 2.92. The molecule has 0 bridgehead atoms. The highest BCUT2D eigenvalue weighted by atomic mass is 16.2. The van der Waals surface area contributed by atoms with E-state index in [4.69, 9.17) is 0 Å². The van der Waals surface area contributed by atoms with Crippen LogP contribution in [0.2, 0.25) is 0 Å². The zero-order chi connectivity index (χ0) is 11.6. The first-order chi connectivity index (χ1) is 6.95. The van der Waals surface area contributed by atoms with Crippen molar-refractivity contribution in [2.45, 2.75) is 32.7 Å². The maximum atomic E-state index is 11.8. The number of nitrogens with zero attached hydrogens (tertiary/aromatic N) is 2. The second kappa shape index (κ2) is 4.64. The Hall–Kier alpha value is -1.06. The van der Waals surface area contributed by atoms with Crippen molar-refractivity contribution >= 4 is 11.8 Å². The van der Waals surface area contributed by atoms with Gasteiger partial charge in [-0.3, -0.25) is 9.59 Å². The first kappa shape index (κ1) is 12.0. The van der Waals surface area contributed by atoms with E-state index in [1.54, 1.807) is 19.0 Å². The average molecular weight is 212 g/mol. The molecular formula is C11H20N2O2. The van der Waals surface area contributed by atoms with Crippen molar-refractivity contribution in [3.63, 3.8) is 0 Å². The van der Waals surface area contributed by atoms with Gasteiger partial charge in [-0.1, -0.05) is 13.8 Å². The molecule has 1 aliphatic rings. The van der Waals surface area contributed by atoms with Crippen LogP contribution in [0, 0.1) is 5.92 Å². The second-order valence-corrected chi connectivity index (χ2v) is 4.65. The number of likely N-dealkylation sites (tertiary alicyclic amines) is 1. The molecule has 1 rings (SSSR count). The standard InChI is InChI=1S/C11H20N2O2/c1-8(2)9-6-5-7-13(9)11(15)10(14)12(3)4/h8-9H,5-7H2,1-4H3/t9-/m0/s1. The fourth-order valence-corrected chi connectivity index (χ4v) is 2.05. The molecule has 0 radical (unpaired) electrons. The first-order valence-corrected chi connectivity index (χ1v) is 5.47. The molecule has 0 unspecified atom stereocenters. The summed E-state index contributed by atoms with van der Waals surface area (Å²) in [6.07, 6.45) is 2.03. The van der Waals surface area contributed by atoms with Gasteiger partial charge in [0.05, 0.1) is 0 Å². The van der Waals surface area contributed by atoms with Crippen LogP contribution in [0.3, 0.4) is 0 Å². The normalized spacial score (nSPS) is 20.9. The smallest absolute Gasteiger partial charge is 0.312 e. The molecule has 1 fully saturated rings. The van der Waals surface area contributed by atoms with Crippen molar-refractivity contribution in [1.82, 2.24) is 9.80 Å². The zero-order valence-corrected chi connectivity index (χ0v) is 9.99. The van der Waals surface area contributed by atoms with Gasteiger partial charge in [-0.25, -0.2) is 0 Å². The monoisotopic (exact) mass is 212 g/mol. The lowest BCUT2D eigenvalue weighted by Crippen LogP contribution is -2.46. The van der Waals surface area contributed by atoms with E-state index >= 15 is 0 Å². The van der Waals surface area contributed by atoms with Crippen molar-refractivity contribution in [1.29, 1.82) is 0 Å². The average Bonchev–Trinajstić information content (AvgIpc) is 2.63. The number of amides is 2. The lowest BCUT2D eigenvalue weighted by Gasteiger charge is -2.27. The highest BCUT2D eigenvalue weighted by Gasteiger charge is 2.34. The minimum absolute atomic E-state index is 0.237. The summed E-state index contributed by atoms with van der Waals surface area (Å²) in [6.45, 7) is 4.91. The summed E-state index contributed by atoms with van der Waals surface area (Å²) in [4.78, 5) is 26.4. The van der Waals surface area contributed by atoms with Gasteiger partial charge in [-0.2, -0.15) is 0 Å². The molecule has 86 valence electrons. The summed E-state index contributed by atoms with van der Waals surface area (Å²) >= 11 is 0. The number of hydrogen-bond donors (Lipinski definition) is 0. The van der Waals surface area contributed by atoms with Crippen LogP contribution in [0.4, 0.5) is 0 Å². The Balaban J connectivity index is 2.71. The summed E-state index contributed by atoms with van der Waals surface area (Å²) in [5.74, 6) is -0.342. The lowest BCUT2D eigenvalue weighted by atomic mass is 10.0. The van der Waals surface area contributed by atoms with Gasteiger partial charge in [-0.15, -0.1) is 0 Å². The molecule has 0 aliphatic carbocycles. The van der Waals surface area contributed by atoms with E-state index in [1.807, 2.05) is 0 Å². The quantitative estimate of drug-likeness (QED) is 0.601. The van der Waals surface area contributed by atoms with Gasteiger partial charge < -0.3 is 9.80 Å². The fourth-order valence-electron chi connectivity index (χ4n) is 2.05. The van der Waals surface area contributed by atoms with Crippen LogP contribution < -0.4 is 0 Å². The van der Waals surface area contributed by atoms with E-state index in [1.165, 1.54) is 4.90 Å². The summed E-state index contributed by atoms with van der Waals surface area (Å²) in [6, 6.07) is 0.237. The molecule has 1 aliphatic heterocycles. The molecule has 4 heteroatoms. The largest absolute Gasteiger partial charge is 0.341 e. The molecule has 0 saturated carbocycles. The van der Waals surface area contributed by atoms with E-state index in [9.17, 15) is 9.59 Å². The van der Waals surface area contributed by atoms with E-state index in [0.717, 1.165) is 19.4 Å². The summed E-state index contributed by atoms with van der Waals surface area (Å²) in [5, 5.41) is 0. The van der Waals surface area contributed by atoms with Gasteiger partial charge in [-0.05, 0) is 18.8 Å². The van der Waals surface area contributed by atoms with E-state index in [-0.39, 0.29) is 11.9 Å². The zero-order valence-electron chi connectivity index (χ0n) is 9.99. The van der Waals surface area contributed by atoms with Gasteiger partial charge in [0.25, 0.3) is 0 Å². The molecule has 1 heterocycles. The summed E-state index contributed by atoms with van der Waals surface area (Å²) < 4.78 is 0. The Morgan fingerprint density at radius 2 is 1.93 bits per heavy atom. The maximum Gasteiger partial charge on any atom is 0.312 e. The minimum Gasteiger partial charge on any atom is -0.341 e. The van der Waals surface area contributed by atoms with Crippen molar-refractivity contribution in [2.24, 2.45) is 5.92 Å².